The third kappa shape index (κ3) is 4.50. The van der Waals surface area contributed by atoms with E-state index in [1.807, 2.05) is 26.1 Å². The van der Waals surface area contributed by atoms with Crippen molar-refractivity contribution in [2.24, 2.45) is 0 Å². The second-order valence-corrected chi connectivity index (χ2v) is 7.32. The molecule has 0 saturated carbocycles. The predicted molar refractivity (Wildman–Crippen MR) is 98.5 cm³/mol. The van der Waals surface area contributed by atoms with Crippen molar-refractivity contribution in [3.63, 3.8) is 0 Å². The van der Waals surface area contributed by atoms with Gasteiger partial charge in [-0.2, -0.15) is 5.10 Å². The summed E-state index contributed by atoms with van der Waals surface area (Å²) in [5.74, 6) is -0.463. The minimum Gasteiger partial charge on any atom is -0.414 e. The number of hydrogen-bond donors (Lipinski definition) is 1. The van der Waals surface area contributed by atoms with E-state index in [-0.39, 0.29) is 28.6 Å². The van der Waals surface area contributed by atoms with Crippen LogP contribution in [0.5, 0.6) is 0 Å². The van der Waals surface area contributed by atoms with Gasteiger partial charge in [0.2, 0.25) is 11.8 Å². The van der Waals surface area contributed by atoms with Crippen LogP contribution in [0.1, 0.15) is 24.6 Å². The lowest BCUT2D eigenvalue weighted by Gasteiger charge is -2.06. The molecule has 3 aromatic rings. The number of halogens is 2. The summed E-state index contributed by atoms with van der Waals surface area (Å²) in [5, 5.41) is 15.0. The van der Waals surface area contributed by atoms with Crippen LogP contribution in [0.25, 0.3) is 0 Å². The Labute approximate surface area is 161 Å². The molecule has 0 saturated heterocycles. The van der Waals surface area contributed by atoms with Gasteiger partial charge in [-0.15, -0.1) is 10.2 Å². The Bertz CT molecular complexity index is 929. The maximum Gasteiger partial charge on any atom is 0.277 e. The molecule has 1 atom stereocenters. The Hall–Kier alpha value is -2.20. The number of hydrogen-bond acceptors (Lipinski definition) is 6. The molecule has 2 heterocycles. The lowest BCUT2D eigenvalue weighted by molar-refractivity contribution is -0.113. The number of nitrogens with one attached hydrogen (secondary N) is 1. The van der Waals surface area contributed by atoms with E-state index in [4.69, 9.17) is 4.42 Å². The summed E-state index contributed by atoms with van der Waals surface area (Å²) < 4.78 is 21.6. The quantitative estimate of drug-likeness (QED) is 0.587. The van der Waals surface area contributed by atoms with E-state index < -0.39 is 5.82 Å². The summed E-state index contributed by atoms with van der Waals surface area (Å²) in [5.41, 5.74) is 1.01. The Balaban J connectivity index is 1.56. The summed E-state index contributed by atoms with van der Waals surface area (Å²) >= 11 is 4.25. The molecule has 0 radical (unpaired) electrons. The predicted octanol–water partition coefficient (Wildman–Crippen LogP) is 3.82. The van der Waals surface area contributed by atoms with Gasteiger partial charge in [0, 0.05) is 10.7 Å². The molecule has 2 aromatic heterocycles. The number of amides is 1. The summed E-state index contributed by atoms with van der Waals surface area (Å²) in [6, 6.07) is 6.09. The van der Waals surface area contributed by atoms with Crippen molar-refractivity contribution in [3.05, 3.63) is 52.3 Å². The molecule has 0 spiro atoms. The van der Waals surface area contributed by atoms with Crippen molar-refractivity contribution in [3.8, 4) is 0 Å². The molecule has 0 aliphatic rings. The topological polar surface area (TPSA) is 85.8 Å². The Morgan fingerprint density at radius 2 is 2.23 bits per heavy atom. The number of aryl methyl sites for hydroxylation is 1. The highest BCUT2D eigenvalue weighted by Gasteiger charge is 2.17. The molecule has 26 heavy (non-hydrogen) atoms. The lowest BCUT2D eigenvalue weighted by Crippen LogP contribution is -2.15. The van der Waals surface area contributed by atoms with Crippen LogP contribution < -0.4 is 5.32 Å². The SMILES string of the molecule is Cc1ccn(C(C)c2nnc(SCC(=O)Nc3ccc(Br)cc3F)o2)n1. The summed E-state index contributed by atoms with van der Waals surface area (Å²) in [7, 11) is 0. The number of carbonyl (C=O) groups excluding carboxylic acids is 1. The largest absolute Gasteiger partial charge is 0.414 e. The fraction of sp³-hybridized carbons (Fsp3) is 0.250. The zero-order valence-corrected chi connectivity index (χ0v) is 16.3. The van der Waals surface area contributed by atoms with Crippen LogP contribution in [0.4, 0.5) is 10.1 Å². The first-order valence-corrected chi connectivity index (χ1v) is 9.43. The number of thioether (sulfide) groups is 1. The maximum absolute atomic E-state index is 13.7. The van der Waals surface area contributed by atoms with Crippen molar-refractivity contribution >= 4 is 39.3 Å². The highest BCUT2D eigenvalue weighted by Crippen LogP contribution is 2.23. The van der Waals surface area contributed by atoms with Gasteiger partial charge in [0.15, 0.2) is 0 Å². The van der Waals surface area contributed by atoms with Gasteiger partial charge < -0.3 is 9.73 Å². The van der Waals surface area contributed by atoms with Gasteiger partial charge in [0.1, 0.15) is 11.9 Å². The van der Waals surface area contributed by atoms with Crippen LogP contribution in [-0.2, 0) is 4.79 Å². The van der Waals surface area contributed by atoms with E-state index in [2.05, 4.69) is 36.5 Å². The number of anilines is 1. The smallest absolute Gasteiger partial charge is 0.277 e. The molecule has 1 N–H and O–H groups in total. The highest BCUT2D eigenvalue weighted by molar-refractivity contribution is 9.10. The number of carbonyl (C=O) groups is 1. The first-order valence-electron chi connectivity index (χ1n) is 7.65. The zero-order chi connectivity index (χ0) is 18.7. The molecule has 136 valence electrons. The molecule has 10 heteroatoms. The second kappa shape index (κ2) is 8.00. The Morgan fingerprint density at radius 1 is 1.42 bits per heavy atom. The molecule has 0 bridgehead atoms. The minimum atomic E-state index is -0.513. The van der Waals surface area contributed by atoms with Gasteiger partial charge in [0.05, 0.1) is 17.1 Å². The molecule has 1 unspecified atom stereocenters. The van der Waals surface area contributed by atoms with Crippen LogP contribution >= 0.6 is 27.7 Å². The summed E-state index contributed by atoms with van der Waals surface area (Å²) in [4.78, 5) is 12.0. The fourth-order valence-electron chi connectivity index (χ4n) is 2.11. The van der Waals surface area contributed by atoms with Gasteiger partial charge in [-0.25, -0.2) is 4.39 Å². The van der Waals surface area contributed by atoms with Gasteiger partial charge in [-0.3, -0.25) is 9.48 Å². The Morgan fingerprint density at radius 3 is 2.92 bits per heavy atom. The van der Waals surface area contributed by atoms with Gasteiger partial charge in [-0.1, -0.05) is 27.7 Å². The minimum absolute atomic E-state index is 0.0202. The van der Waals surface area contributed by atoms with E-state index in [1.165, 1.54) is 12.1 Å². The number of nitrogens with zero attached hydrogens (tertiary/aromatic N) is 4. The van der Waals surface area contributed by atoms with Crippen LogP contribution in [-0.4, -0.2) is 31.6 Å². The van der Waals surface area contributed by atoms with Crippen LogP contribution in [0.2, 0.25) is 0 Å². The first-order chi connectivity index (χ1) is 12.4. The third-order valence-electron chi connectivity index (χ3n) is 3.45. The molecule has 1 amide bonds. The van der Waals surface area contributed by atoms with E-state index >= 15 is 0 Å². The zero-order valence-electron chi connectivity index (χ0n) is 13.9. The highest BCUT2D eigenvalue weighted by atomic mass is 79.9. The monoisotopic (exact) mass is 439 g/mol. The fourth-order valence-corrected chi connectivity index (χ4v) is 3.02. The van der Waals surface area contributed by atoms with Crippen LogP contribution in [0.15, 0.2) is 44.6 Å². The maximum atomic E-state index is 13.7. The molecule has 0 fully saturated rings. The molecule has 3 rings (SSSR count). The van der Waals surface area contributed by atoms with E-state index in [0.717, 1.165) is 17.5 Å². The van der Waals surface area contributed by atoms with Crippen molar-refractivity contribution < 1.29 is 13.6 Å². The van der Waals surface area contributed by atoms with Crippen LogP contribution in [0.3, 0.4) is 0 Å². The van der Waals surface area contributed by atoms with E-state index in [1.54, 1.807) is 10.7 Å². The summed E-state index contributed by atoms with van der Waals surface area (Å²) in [6.07, 6.45) is 1.83. The van der Waals surface area contributed by atoms with E-state index in [0.29, 0.717) is 10.4 Å². The molecule has 0 aliphatic carbocycles. The van der Waals surface area contributed by atoms with Gasteiger partial charge in [0.25, 0.3) is 5.22 Å². The van der Waals surface area contributed by atoms with Crippen molar-refractivity contribution in [1.29, 1.82) is 0 Å². The summed E-state index contributed by atoms with van der Waals surface area (Å²) in [6.45, 7) is 3.78. The van der Waals surface area contributed by atoms with Crippen molar-refractivity contribution in [2.75, 3.05) is 11.1 Å². The lowest BCUT2D eigenvalue weighted by atomic mass is 10.3. The molecular formula is C16H15BrFN5O2S. The number of rotatable bonds is 6. The van der Waals surface area contributed by atoms with Crippen LogP contribution in [0, 0.1) is 12.7 Å². The average Bonchev–Trinajstić information content (AvgIpc) is 3.24. The average molecular weight is 440 g/mol. The van der Waals surface area contributed by atoms with Crippen molar-refractivity contribution in [1.82, 2.24) is 20.0 Å². The van der Waals surface area contributed by atoms with Gasteiger partial charge in [-0.05, 0) is 38.1 Å². The molecule has 7 nitrogen and oxygen atoms in total. The normalized spacial score (nSPS) is 12.2. The van der Waals surface area contributed by atoms with E-state index in [9.17, 15) is 9.18 Å². The standard InChI is InChI=1S/C16H15BrFN5O2S/c1-9-5-6-23(22-9)10(2)15-20-21-16(25-15)26-8-14(24)19-13-4-3-11(17)7-12(13)18/h3-7,10H,8H2,1-2H3,(H,19,24). The Kier molecular flexibility index (Phi) is 5.72. The first kappa shape index (κ1) is 18.6. The third-order valence-corrected chi connectivity index (χ3v) is 4.76. The van der Waals surface area contributed by atoms with Gasteiger partial charge >= 0.3 is 0 Å². The molecular weight excluding hydrogens is 425 g/mol. The number of aromatic nitrogens is 4. The van der Waals surface area contributed by atoms with Crippen molar-refractivity contribution in [2.45, 2.75) is 25.1 Å². The molecule has 0 aliphatic heterocycles. The number of benzene rings is 1. The second-order valence-electron chi connectivity index (χ2n) is 5.48. The molecule has 1 aromatic carbocycles.